The SMILES string of the molecule is CC(C)(C)OC(=O)N1CC[C@@H](CNC(=O)CCCCCN2C(=O)C=CC2=O)C1. The first kappa shape index (κ1) is 21.9. The molecule has 0 aromatic carbocycles. The number of nitrogens with zero attached hydrogens (tertiary/aromatic N) is 2. The zero-order valence-corrected chi connectivity index (χ0v) is 17.0. The first-order valence-electron chi connectivity index (χ1n) is 9.94. The Morgan fingerprint density at radius 2 is 1.82 bits per heavy atom. The number of hydrogen-bond donors (Lipinski definition) is 1. The number of carbonyl (C=O) groups is 4. The summed E-state index contributed by atoms with van der Waals surface area (Å²) < 4.78 is 5.37. The lowest BCUT2D eigenvalue weighted by Gasteiger charge is -2.24. The van der Waals surface area contributed by atoms with Crippen LogP contribution >= 0.6 is 0 Å². The summed E-state index contributed by atoms with van der Waals surface area (Å²) in [6.07, 6.45) is 5.72. The Kier molecular flexibility index (Phi) is 7.60. The smallest absolute Gasteiger partial charge is 0.410 e. The van der Waals surface area contributed by atoms with Crippen molar-refractivity contribution in [3.05, 3.63) is 12.2 Å². The van der Waals surface area contributed by atoms with E-state index in [1.165, 1.54) is 17.1 Å². The van der Waals surface area contributed by atoms with Gasteiger partial charge < -0.3 is 15.0 Å². The fraction of sp³-hybridized carbons (Fsp3) is 0.700. The van der Waals surface area contributed by atoms with Gasteiger partial charge in [-0.25, -0.2) is 4.79 Å². The lowest BCUT2D eigenvalue weighted by atomic mass is 10.1. The van der Waals surface area contributed by atoms with Crippen LogP contribution in [0.4, 0.5) is 4.79 Å². The van der Waals surface area contributed by atoms with E-state index in [2.05, 4.69) is 5.32 Å². The maximum atomic E-state index is 12.1. The van der Waals surface area contributed by atoms with E-state index >= 15 is 0 Å². The molecule has 8 heteroatoms. The number of likely N-dealkylation sites (tertiary alicyclic amines) is 1. The van der Waals surface area contributed by atoms with Gasteiger partial charge in [-0.3, -0.25) is 19.3 Å². The molecule has 156 valence electrons. The Morgan fingerprint density at radius 3 is 2.46 bits per heavy atom. The second kappa shape index (κ2) is 9.71. The maximum absolute atomic E-state index is 12.1. The van der Waals surface area contributed by atoms with Gasteiger partial charge >= 0.3 is 6.09 Å². The van der Waals surface area contributed by atoms with Gasteiger partial charge in [0.05, 0.1) is 0 Å². The van der Waals surface area contributed by atoms with Gasteiger partial charge in [-0.2, -0.15) is 0 Å². The van der Waals surface area contributed by atoms with Crippen molar-refractivity contribution in [1.82, 2.24) is 15.1 Å². The van der Waals surface area contributed by atoms with Crippen molar-refractivity contribution < 1.29 is 23.9 Å². The fourth-order valence-corrected chi connectivity index (χ4v) is 3.22. The molecule has 1 atom stereocenters. The highest BCUT2D eigenvalue weighted by atomic mass is 16.6. The molecule has 2 aliphatic heterocycles. The number of ether oxygens (including phenoxy) is 1. The number of carbonyl (C=O) groups excluding carboxylic acids is 4. The predicted octanol–water partition coefficient (Wildman–Crippen LogP) is 1.84. The first-order chi connectivity index (χ1) is 13.2. The molecule has 1 saturated heterocycles. The molecule has 0 aliphatic carbocycles. The Bertz CT molecular complexity index is 620. The molecule has 2 heterocycles. The molecule has 4 amide bonds. The van der Waals surface area contributed by atoms with Crippen molar-refractivity contribution in [2.75, 3.05) is 26.2 Å². The average molecular weight is 393 g/mol. The Morgan fingerprint density at radius 1 is 1.14 bits per heavy atom. The molecule has 0 spiro atoms. The van der Waals surface area contributed by atoms with Crippen molar-refractivity contribution >= 4 is 23.8 Å². The largest absolute Gasteiger partial charge is 0.444 e. The molecule has 1 fully saturated rings. The summed E-state index contributed by atoms with van der Waals surface area (Å²) in [6.45, 7) is 7.73. The topological polar surface area (TPSA) is 96.0 Å². The second-order valence-corrected chi connectivity index (χ2v) is 8.36. The number of imide groups is 1. The van der Waals surface area contributed by atoms with Crippen molar-refractivity contribution in [3.63, 3.8) is 0 Å². The number of unbranched alkanes of at least 4 members (excludes halogenated alkanes) is 2. The summed E-state index contributed by atoms with van der Waals surface area (Å²) in [5.41, 5.74) is -0.505. The first-order valence-corrected chi connectivity index (χ1v) is 9.94. The summed E-state index contributed by atoms with van der Waals surface area (Å²) in [5.74, 6) is -0.290. The van der Waals surface area contributed by atoms with Crippen molar-refractivity contribution in [2.24, 2.45) is 5.92 Å². The van der Waals surface area contributed by atoms with Crippen LogP contribution in [-0.2, 0) is 19.1 Å². The summed E-state index contributed by atoms with van der Waals surface area (Å²) >= 11 is 0. The fourth-order valence-electron chi connectivity index (χ4n) is 3.22. The molecular weight excluding hydrogens is 362 g/mol. The van der Waals surface area contributed by atoms with Crippen LogP contribution in [0, 0.1) is 5.92 Å². The maximum Gasteiger partial charge on any atom is 0.410 e. The van der Waals surface area contributed by atoms with Gasteiger partial charge in [-0.15, -0.1) is 0 Å². The predicted molar refractivity (Wildman–Crippen MR) is 103 cm³/mol. The molecule has 1 N–H and O–H groups in total. The highest BCUT2D eigenvalue weighted by molar-refractivity contribution is 6.12. The molecule has 2 rings (SSSR count). The van der Waals surface area contributed by atoms with Crippen LogP contribution in [0.15, 0.2) is 12.2 Å². The monoisotopic (exact) mass is 393 g/mol. The quantitative estimate of drug-likeness (QED) is 0.501. The molecule has 0 aromatic heterocycles. The Hall–Kier alpha value is -2.38. The Labute approximate surface area is 166 Å². The summed E-state index contributed by atoms with van der Waals surface area (Å²) in [5, 5.41) is 2.93. The molecule has 0 aromatic rings. The summed E-state index contributed by atoms with van der Waals surface area (Å²) in [6, 6.07) is 0. The zero-order chi connectivity index (χ0) is 20.7. The average Bonchev–Trinajstić information content (AvgIpc) is 3.19. The Balaban J connectivity index is 1.54. The molecular formula is C20H31N3O5. The van der Waals surface area contributed by atoms with Gasteiger partial charge in [0.1, 0.15) is 5.60 Å². The van der Waals surface area contributed by atoms with Gasteiger partial charge in [0.25, 0.3) is 11.8 Å². The van der Waals surface area contributed by atoms with Crippen LogP contribution in [-0.4, -0.2) is 65.4 Å². The summed E-state index contributed by atoms with van der Waals surface area (Å²) in [4.78, 5) is 49.8. The van der Waals surface area contributed by atoms with Crippen LogP contribution in [0.25, 0.3) is 0 Å². The van der Waals surface area contributed by atoms with Gasteiger partial charge in [0, 0.05) is 44.8 Å². The van der Waals surface area contributed by atoms with E-state index in [0.29, 0.717) is 45.4 Å². The third kappa shape index (κ3) is 6.98. The molecule has 0 bridgehead atoms. The van der Waals surface area contributed by atoms with Crippen LogP contribution < -0.4 is 5.32 Å². The molecule has 28 heavy (non-hydrogen) atoms. The summed E-state index contributed by atoms with van der Waals surface area (Å²) in [7, 11) is 0. The van der Waals surface area contributed by atoms with Crippen LogP contribution in [0.5, 0.6) is 0 Å². The minimum Gasteiger partial charge on any atom is -0.444 e. The van der Waals surface area contributed by atoms with Gasteiger partial charge in [-0.1, -0.05) is 6.42 Å². The lowest BCUT2D eigenvalue weighted by molar-refractivity contribution is -0.137. The van der Waals surface area contributed by atoms with Crippen LogP contribution in [0.2, 0.25) is 0 Å². The third-order valence-electron chi connectivity index (χ3n) is 4.71. The van der Waals surface area contributed by atoms with E-state index in [4.69, 9.17) is 4.74 Å². The van der Waals surface area contributed by atoms with Crippen molar-refractivity contribution in [1.29, 1.82) is 0 Å². The van der Waals surface area contributed by atoms with Gasteiger partial charge in [0.15, 0.2) is 0 Å². The molecule has 8 nitrogen and oxygen atoms in total. The highest BCUT2D eigenvalue weighted by Gasteiger charge is 2.29. The van der Waals surface area contributed by atoms with Crippen molar-refractivity contribution in [2.45, 2.75) is 58.5 Å². The molecule has 0 unspecified atom stereocenters. The van der Waals surface area contributed by atoms with Crippen molar-refractivity contribution in [3.8, 4) is 0 Å². The minimum absolute atomic E-state index is 0.00860. The van der Waals surface area contributed by atoms with Crippen LogP contribution in [0.1, 0.15) is 52.9 Å². The number of amides is 4. The highest BCUT2D eigenvalue weighted by Crippen LogP contribution is 2.19. The number of nitrogens with one attached hydrogen (secondary N) is 1. The standard InChI is InChI=1S/C20H31N3O5/c1-20(2,3)28-19(27)22-12-10-15(14-22)13-21-16(24)7-5-4-6-11-23-17(25)8-9-18(23)26/h8-9,15H,4-7,10-14H2,1-3H3,(H,21,24)/t15-/m0/s1. The van der Waals surface area contributed by atoms with Gasteiger partial charge in [-0.05, 0) is 46.0 Å². The van der Waals surface area contributed by atoms with E-state index in [0.717, 1.165) is 12.8 Å². The van der Waals surface area contributed by atoms with Gasteiger partial charge in [0.2, 0.25) is 5.91 Å². The second-order valence-electron chi connectivity index (χ2n) is 8.36. The van der Waals surface area contributed by atoms with E-state index < -0.39 is 5.60 Å². The van der Waals surface area contributed by atoms with E-state index in [1.807, 2.05) is 20.8 Å². The van der Waals surface area contributed by atoms with E-state index in [1.54, 1.807) is 4.90 Å². The van der Waals surface area contributed by atoms with E-state index in [9.17, 15) is 19.2 Å². The molecule has 2 aliphatic rings. The minimum atomic E-state index is -0.505. The third-order valence-corrected chi connectivity index (χ3v) is 4.71. The zero-order valence-electron chi connectivity index (χ0n) is 17.0. The number of hydrogen-bond acceptors (Lipinski definition) is 5. The lowest BCUT2D eigenvalue weighted by Crippen LogP contribution is -2.36. The van der Waals surface area contributed by atoms with E-state index in [-0.39, 0.29) is 29.7 Å². The number of rotatable bonds is 8. The molecule has 0 saturated carbocycles. The van der Waals surface area contributed by atoms with Crippen LogP contribution in [0.3, 0.4) is 0 Å². The normalized spacial score (nSPS) is 19.5. The molecule has 0 radical (unpaired) electrons.